The molecule has 0 saturated carbocycles. The van der Waals surface area contributed by atoms with Crippen LogP contribution in [0.25, 0.3) is 22.3 Å². The number of allylic oxidation sites excluding steroid dienone is 2. The third-order valence-corrected chi connectivity index (χ3v) is 8.21. The highest BCUT2D eigenvalue weighted by atomic mass is 19.2. The van der Waals surface area contributed by atoms with Gasteiger partial charge in [-0.3, -0.25) is 0 Å². The van der Waals surface area contributed by atoms with Crippen molar-refractivity contribution < 1.29 is 27.0 Å². The maximum atomic E-state index is 15.3. The number of halogens is 4. The molecule has 0 amide bonds. The third-order valence-electron chi connectivity index (χ3n) is 8.21. The van der Waals surface area contributed by atoms with Gasteiger partial charge in [0.25, 0.3) is 0 Å². The Morgan fingerprint density at radius 2 is 1.23 bits per heavy atom. The summed E-state index contributed by atoms with van der Waals surface area (Å²) in [5.41, 5.74) is 1.69. The van der Waals surface area contributed by atoms with E-state index in [1.165, 1.54) is 32.1 Å². The van der Waals surface area contributed by atoms with E-state index in [2.05, 4.69) is 6.92 Å². The monoisotopic (exact) mass is 596 g/mol. The molecule has 1 fully saturated rings. The van der Waals surface area contributed by atoms with Gasteiger partial charge < -0.3 is 9.47 Å². The molecule has 0 atom stereocenters. The highest BCUT2D eigenvalue weighted by molar-refractivity contribution is 5.71. The van der Waals surface area contributed by atoms with Gasteiger partial charge >= 0.3 is 0 Å². The Labute approximate surface area is 254 Å². The summed E-state index contributed by atoms with van der Waals surface area (Å²) in [6.45, 7) is 4.79. The lowest BCUT2D eigenvalue weighted by Crippen LogP contribution is -2.31. The van der Waals surface area contributed by atoms with E-state index in [4.69, 9.17) is 9.47 Å². The highest BCUT2D eigenvalue weighted by Gasteiger charge is 2.27. The van der Waals surface area contributed by atoms with E-state index in [0.717, 1.165) is 25.7 Å². The molecule has 6 heteroatoms. The number of unbranched alkanes of at least 4 members (excludes halogenated alkanes) is 6. The fourth-order valence-electron chi connectivity index (χ4n) is 5.62. The quantitative estimate of drug-likeness (QED) is 0.0987. The molecule has 0 aliphatic carbocycles. The zero-order chi connectivity index (χ0) is 30.6. The van der Waals surface area contributed by atoms with Crippen LogP contribution in [0.5, 0.6) is 0 Å². The second kappa shape index (κ2) is 16.8. The van der Waals surface area contributed by atoms with Crippen molar-refractivity contribution in [1.29, 1.82) is 0 Å². The molecule has 0 unspecified atom stereocenters. The average molecular weight is 597 g/mol. The molecule has 43 heavy (non-hydrogen) atoms. The normalized spacial score (nSPS) is 17.2. The summed E-state index contributed by atoms with van der Waals surface area (Å²) in [6, 6.07) is 12.7. The predicted molar refractivity (Wildman–Crippen MR) is 166 cm³/mol. The summed E-state index contributed by atoms with van der Waals surface area (Å²) in [5.74, 6) is -4.02. The Kier molecular flexibility index (Phi) is 12.8. The number of benzene rings is 3. The van der Waals surface area contributed by atoms with Crippen molar-refractivity contribution in [1.82, 2.24) is 0 Å². The fraction of sp³-hybridized carbons (Fsp3) is 0.459. The van der Waals surface area contributed by atoms with Crippen LogP contribution in [0.1, 0.15) is 95.1 Å². The Hall–Kier alpha value is -2.96. The minimum absolute atomic E-state index is 0.101. The number of aryl methyl sites for hydroxylation is 1. The largest absolute Gasteiger partial charge is 0.352 e. The van der Waals surface area contributed by atoms with Crippen LogP contribution in [0.4, 0.5) is 17.6 Å². The fourth-order valence-corrected chi connectivity index (χ4v) is 5.62. The molecule has 0 aromatic heterocycles. The molecule has 3 aromatic rings. The van der Waals surface area contributed by atoms with Crippen LogP contribution in [0.15, 0.2) is 60.7 Å². The molecule has 0 spiro atoms. The maximum Gasteiger partial charge on any atom is 0.166 e. The molecule has 4 rings (SSSR count). The van der Waals surface area contributed by atoms with E-state index < -0.39 is 23.3 Å². The number of hydrogen-bond donors (Lipinski definition) is 0. The molecule has 232 valence electrons. The first-order chi connectivity index (χ1) is 20.9. The molecule has 1 aliphatic heterocycles. The van der Waals surface area contributed by atoms with Gasteiger partial charge in [0.15, 0.2) is 29.6 Å². The van der Waals surface area contributed by atoms with Crippen LogP contribution in [0, 0.1) is 23.3 Å². The van der Waals surface area contributed by atoms with Gasteiger partial charge in [-0.05, 0) is 54.4 Å². The number of hydrogen-bond acceptors (Lipinski definition) is 2. The zero-order valence-electron chi connectivity index (χ0n) is 25.4. The first-order valence-electron chi connectivity index (χ1n) is 15.9. The summed E-state index contributed by atoms with van der Waals surface area (Å²) in [7, 11) is 0. The van der Waals surface area contributed by atoms with E-state index >= 15 is 8.78 Å². The third kappa shape index (κ3) is 8.79. The smallest absolute Gasteiger partial charge is 0.166 e. The van der Waals surface area contributed by atoms with E-state index in [0.29, 0.717) is 29.5 Å². The van der Waals surface area contributed by atoms with Crippen LogP contribution in [-0.4, -0.2) is 19.5 Å². The van der Waals surface area contributed by atoms with Gasteiger partial charge in [-0.25, -0.2) is 17.6 Å². The Morgan fingerprint density at radius 1 is 0.651 bits per heavy atom. The Bertz CT molecular complexity index is 1330. The molecule has 0 N–H and O–H groups in total. The van der Waals surface area contributed by atoms with Crippen molar-refractivity contribution in [2.75, 3.05) is 13.2 Å². The average Bonchev–Trinajstić information content (AvgIpc) is 3.03. The number of rotatable bonds is 15. The Morgan fingerprint density at radius 3 is 1.86 bits per heavy atom. The predicted octanol–water partition coefficient (Wildman–Crippen LogP) is 11.1. The van der Waals surface area contributed by atoms with Gasteiger partial charge in [0.2, 0.25) is 0 Å². The lowest BCUT2D eigenvalue weighted by atomic mass is 9.94. The molecular weight excluding hydrogens is 552 g/mol. The van der Waals surface area contributed by atoms with Crippen LogP contribution in [0.2, 0.25) is 0 Å². The molecule has 2 nitrogen and oxygen atoms in total. The van der Waals surface area contributed by atoms with E-state index in [1.54, 1.807) is 48.5 Å². The van der Waals surface area contributed by atoms with Crippen molar-refractivity contribution in [3.05, 3.63) is 95.1 Å². The first kappa shape index (κ1) is 32.9. The van der Waals surface area contributed by atoms with Gasteiger partial charge in [-0.2, -0.15) is 0 Å². The van der Waals surface area contributed by atoms with Crippen LogP contribution in [0.3, 0.4) is 0 Å². The minimum atomic E-state index is -0.950. The van der Waals surface area contributed by atoms with Crippen LogP contribution < -0.4 is 0 Å². The molecule has 0 bridgehead atoms. The second-order valence-corrected chi connectivity index (χ2v) is 11.4. The molecule has 3 aromatic carbocycles. The summed E-state index contributed by atoms with van der Waals surface area (Å²) in [5, 5.41) is 0. The lowest BCUT2D eigenvalue weighted by Gasteiger charge is -2.30. The van der Waals surface area contributed by atoms with Gasteiger partial charge in [0.1, 0.15) is 0 Å². The van der Waals surface area contributed by atoms with Crippen molar-refractivity contribution >= 4 is 0 Å². The van der Waals surface area contributed by atoms with Gasteiger partial charge in [-0.15, -0.1) is 0 Å². The van der Waals surface area contributed by atoms with Gasteiger partial charge in [0.05, 0.1) is 13.2 Å². The van der Waals surface area contributed by atoms with E-state index in [9.17, 15) is 8.78 Å². The van der Waals surface area contributed by atoms with Gasteiger partial charge in [0, 0.05) is 17.0 Å². The number of ether oxygens (including phenoxy) is 2. The zero-order valence-corrected chi connectivity index (χ0v) is 25.4. The molecule has 1 aliphatic rings. The standard InChI is InChI=1S/C37H44F4O2/c1-3-5-7-9-10-11-13-15-33-42-24-29(25-43-33)32-23-22-31(36(40)37(32)41)27-18-16-26(17-19-27)30-21-20-28(34(38)35(30)39)14-12-8-6-4-2/h6,8,16-23,29,33H,3-5,7,9-15,24-25H2,1-2H3/b8-6+. The van der Waals surface area contributed by atoms with Crippen molar-refractivity contribution in [3.63, 3.8) is 0 Å². The highest BCUT2D eigenvalue weighted by Crippen LogP contribution is 2.34. The van der Waals surface area contributed by atoms with Gasteiger partial charge in [-0.1, -0.05) is 113 Å². The lowest BCUT2D eigenvalue weighted by molar-refractivity contribution is -0.190. The SMILES string of the molecule is CC/C=C/CCc1ccc(-c2ccc(-c3ccc(C4COC(CCCCCCCCC)OC4)c(F)c3F)cc2)c(F)c1F. The van der Waals surface area contributed by atoms with Crippen LogP contribution in [-0.2, 0) is 15.9 Å². The minimum Gasteiger partial charge on any atom is -0.352 e. The Balaban J connectivity index is 1.35. The van der Waals surface area contributed by atoms with E-state index in [1.807, 2.05) is 19.1 Å². The maximum absolute atomic E-state index is 15.3. The second-order valence-electron chi connectivity index (χ2n) is 11.4. The molecule has 1 heterocycles. The summed E-state index contributed by atoms with van der Waals surface area (Å²) in [4.78, 5) is 0. The van der Waals surface area contributed by atoms with E-state index in [-0.39, 0.29) is 42.1 Å². The van der Waals surface area contributed by atoms with Crippen LogP contribution >= 0.6 is 0 Å². The van der Waals surface area contributed by atoms with Crippen molar-refractivity contribution in [2.24, 2.45) is 0 Å². The van der Waals surface area contributed by atoms with Crippen molar-refractivity contribution in [2.45, 2.75) is 96.7 Å². The summed E-state index contributed by atoms with van der Waals surface area (Å²) < 4.78 is 71.8. The van der Waals surface area contributed by atoms with Crippen molar-refractivity contribution in [3.8, 4) is 22.3 Å². The summed E-state index contributed by atoms with van der Waals surface area (Å²) >= 11 is 0. The molecule has 0 radical (unpaired) electrons. The topological polar surface area (TPSA) is 18.5 Å². The molecular formula is C37H44F4O2. The summed E-state index contributed by atoms with van der Waals surface area (Å²) in [6.07, 6.45) is 14.9. The first-order valence-corrected chi connectivity index (χ1v) is 15.9. The molecule has 1 saturated heterocycles.